The molecular formula is C23H24FN3O2S. The molecule has 1 fully saturated rings. The van der Waals surface area contributed by atoms with Crippen molar-refractivity contribution < 1.29 is 13.9 Å². The van der Waals surface area contributed by atoms with Crippen molar-refractivity contribution in [1.82, 2.24) is 9.88 Å². The van der Waals surface area contributed by atoms with Crippen molar-refractivity contribution in [3.8, 4) is 17.0 Å². The summed E-state index contributed by atoms with van der Waals surface area (Å²) in [7, 11) is 1.46. The number of methoxy groups -OCH3 is 1. The lowest BCUT2D eigenvalue weighted by Gasteiger charge is -2.31. The summed E-state index contributed by atoms with van der Waals surface area (Å²) < 4.78 is 18.9. The summed E-state index contributed by atoms with van der Waals surface area (Å²) in [5.41, 5.74) is 5.42. The lowest BCUT2D eigenvalue weighted by Crippen LogP contribution is -2.37. The highest BCUT2D eigenvalue weighted by molar-refractivity contribution is 7.07. The second kappa shape index (κ2) is 9.36. The number of anilines is 1. The number of benzene rings is 2. The number of nitrogens with zero attached hydrogens (tertiary/aromatic N) is 2. The van der Waals surface area contributed by atoms with E-state index >= 15 is 0 Å². The van der Waals surface area contributed by atoms with Crippen molar-refractivity contribution in [2.75, 3.05) is 25.5 Å². The molecule has 1 aromatic heterocycles. The van der Waals surface area contributed by atoms with E-state index in [1.165, 1.54) is 13.2 Å². The van der Waals surface area contributed by atoms with Gasteiger partial charge >= 0.3 is 0 Å². The van der Waals surface area contributed by atoms with Gasteiger partial charge in [-0.05, 0) is 55.8 Å². The van der Waals surface area contributed by atoms with Crippen LogP contribution < -0.4 is 10.1 Å². The van der Waals surface area contributed by atoms with Gasteiger partial charge in [-0.2, -0.15) is 0 Å². The summed E-state index contributed by atoms with van der Waals surface area (Å²) in [6.07, 6.45) is 1.58. The fourth-order valence-corrected chi connectivity index (χ4v) is 4.34. The molecule has 5 nitrogen and oxygen atoms in total. The fraction of sp³-hybridized carbons (Fsp3) is 0.304. The Morgan fingerprint density at radius 2 is 2.10 bits per heavy atom. The standard InChI is InChI=1S/C23H24FN3O2S/c1-29-22-6-5-16(11-20(22)24)13-27-9-7-17(8-10-27)23(28)26-19-4-2-3-18(12-19)21-14-30-15-25-21/h2-6,11-12,14-15,17H,7-10,13H2,1H3,(H,26,28). The zero-order chi connectivity index (χ0) is 20.9. The molecule has 0 atom stereocenters. The summed E-state index contributed by atoms with van der Waals surface area (Å²) >= 11 is 1.55. The number of amides is 1. The first-order valence-corrected chi connectivity index (χ1v) is 10.9. The van der Waals surface area contributed by atoms with E-state index in [2.05, 4.69) is 15.2 Å². The van der Waals surface area contributed by atoms with Crippen molar-refractivity contribution in [2.45, 2.75) is 19.4 Å². The second-order valence-electron chi connectivity index (χ2n) is 7.46. The molecule has 0 unspecified atom stereocenters. The molecule has 0 saturated carbocycles. The maximum absolute atomic E-state index is 13.9. The average Bonchev–Trinajstić information content (AvgIpc) is 3.30. The Hall–Kier alpha value is -2.77. The quantitative estimate of drug-likeness (QED) is 0.616. The zero-order valence-electron chi connectivity index (χ0n) is 16.8. The number of carbonyl (C=O) groups is 1. The fourth-order valence-electron chi connectivity index (χ4n) is 3.78. The van der Waals surface area contributed by atoms with Gasteiger partial charge in [-0.1, -0.05) is 18.2 Å². The first-order valence-electron chi connectivity index (χ1n) is 9.96. The molecule has 1 aliphatic heterocycles. The van der Waals surface area contributed by atoms with Crippen LogP contribution in [0.5, 0.6) is 5.75 Å². The number of aromatic nitrogens is 1. The van der Waals surface area contributed by atoms with Gasteiger partial charge < -0.3 is 10.1 Å². The maximum Gasteiger partial charge on any atom is 0.227 e. The van der Waals surface area contributed by atoms with Gasteiger partial charge in [0.05, 0.1) is 18.3 Å². The topological polar surface area (TPSA) is 54.5 Å². The highest BCUT2D eigenvalue weighted by Gasteiger charge is 2.25. The number of thiazole rings is 1. The molecule has 1 amide bonds. The molecule has 156 valence electrons. The van der Waals surface area contributed by atoms with Crippen LogP contribution in [0.4, 0.5) is 10.1 Å². The molecule has 0 spiro atoms. The minimum absolute atomic E-state index is 0.0169. The van der Waals surface area contributed by atoms with Crippen LogP contribution in [0.25, 0.3) is 11.3 Å². The molecule has 2 aromatic carbocycles. The van der Waals surface area contributed by atoms with E-state index < -0.39 is 0 Å². The Morgan fingerprint density at radius 3 is 2.80 bits per heavy atom. The van der Waals surface area contributed by atoms with Crippen LogP contribution in [0.3, 0.4) is 0 Å². The number of piperidine rings is 1. The Labute approximate surface area is 179 Å². The SMILES string of the molecule is COc1ccc(CN2CCC(C(=O)Nc3cccc(-c4cscn4)c3)CC2)cc1F. The van der Waals surface area contributed by atoms with Gasteiger partial charge in [0.15, 0.2) is 11.6 Å². The lowest BCUT2D eigenvalue weighted by molar-refractivity contribution is -0.121. The van der Waals surface area contributed by atoms with E-state index in [0.29, 0.717) is 6.54 Å². The molecule has 0 aliphatic carbocycles. The maximum atomic E-state index is 13.9. The van der Waals surface area contributed by atoms with Gasteiger partial charge in [0, 0.05) is 29.1 Å². The Bertz CT molecular complexity index is 1000. The van der Waals surface area contributed by atoms with Crippen molar-refractivity contribution in [3.63, 3.8) is 0 Å². The van der Waals surface area contributed by atoms with Crippen LogP contribution in [-0.2, 0) is 11.3 Å². The number of hydrogen-bond donors (Lipinski definition) is 1. The highest BCUT2D eigenvalue weighted by atomic mass is 32.1. The zero-order valence-corrected chi connectivity index (χ0v) is 17.6. The Kier molecular flexibility index (Phi) is 6.40. The van der Waals surface area contributed by atoms with Crippen LogP contribution in [0, 0.1) is 11.7 Å². The van der Waals surface area contributed by atoms with E-state index in [9.17, 15) is 9.18 Å². The number of halogens is 1. The van der Waals surface area contributed by atoms with E-state index in [1.807, 2.05) is 35.7 Å². The Morgan fingerprint density at radius 1 is 1.27 bits per heavy atom. The third-order valence-electron chi connectivity index (χ3n) is 5.44. The number of rotatable bonds is 6. The van der Waals surface area contributed by atoms with Crippen LogP contribution in [0.2, 0.25) is 0 Å². The van der Waals surface area contributed by atoms with Crippen LogP contribution in [0.15, 0.2) is 53.4 Å². The molecule has 1 saturated heterocycles. The molecule has 7 heteroatoms. The molecular weight excluding hydrogens is 401 g/mol. The van der Waals surface area contributed by atoms with Crippen molar-refractivity contribution in [2.24, 2.45) is 5.92 Å². The first-order chi connectivity index (χ1) is 14.6. The molecule has 3 aromatic rings. The van der Waals surface area contributed by atoms with Gasteiger partial charge in [0.2, 0.25) is 5.91 Å². The normalized spacial score (nSPS) is 15.1. The van der Waals surface area contributed by atoms with Gasteiger partial charge in [-0.3, -0.25) is 9.69 Å². The van der Waals surface area contributed by atoms with Crippen molar-refractivity contribution in [3.05, 3.63) is 64.7 Å². The number of hydrogen-bond acceptors (Lipinski definition) is 5. The summed E-state index contributed by atoms with van der Waals surface area (Å²) in [4.78, 5) is 19.3. The monoisotopic (exact) mass is 425 g/mol. The molecule has 0 radical (unpaired) electrons. The minimum atomic E-state index is -0.343. The lowest BCUT2D eigenvalue weighted by atomic mass is 9.95. The smallest absolute Gasteiger partial charge is 0.227 e. The van der Waals surface area contributed by atoms with Crippen LogP contribution >= 0.6 is 11.3 Å². The van der Waals surface area contributed by atoms with E-state index in [-0.39, 0.29) is 23.4 Å². The van der Waals surface area contributed by atoms with E-state index in [0.717, 1.165) is 48.4 Å². The largest absolute Gasteiger partial charge is 0.494 e. The van der Waals surface area contributed by atoms with Gasteiger partial charge in [-0.25, -0.2) is 9.37 Å². The third kappa shape index (κ3) is 4.86. The predicted octanol–water partition coefficient (Wildman–Crippen LogP) is 4.81. The van der Waals surface area contributed by atoms with Gasteiger partial charge in [-0.15, -0.1) is 11.3 Å². The first kappa shape index (κ1) is 20.5. The molecule has 0 bridgehead atoms. The van der Waals surface area contributed by atoms with Gasteiger partial charge in [0.1, 0.15) is 0 Å². The Balaban J connectivity index is 1.30. The number of likely N-dealkylation sites (tertiary alicyclic amines) is 1. The molecule has 1 aliphatic rings. The predicted molar refractivity (Wildman–Crippen MR) is 117 cm³/mol. The number of nitrogens with one attached hydrogen (secondary N) is 1. The van der Waals surface area contributed by atoms with Gasteiger partial charge in [0.25, 0.3) is 0 Å². The second-order valence-corrected chi connectivity index (χ2v) is 8.18. The summed E-state index contributed by atoms with van der Waals surface area (Å²) in [5, 5.41) is 5.04. The third-order valence-corrected chi connectivity index (χ3v) is 6.03. The number of ether oxygens (including phenoxy) is 1. The summed E-state index contributed by atoms with van der Waals surface area (Å²) in [6.45, 7) is 2.29. The number of carbonyl (C=O) groups excluding carboxylic acids is 1. The summed E-state index contributed by atoms with van der Waals surface area (Å²) in [6, 6.07) is 12.8. The summed E-state index contributed by atoms with van der Waals surface area (Å²) in [5.74, 6) is -0.0468. The molecule has 2 heterocycles. The highest BCUT2D eigenvalue weighted by Crippen LogP contribution is 2.25. The van der Waals surface area contributed by atoms with Crippen molar-refractivity contribution >= 4 is 22.9 Å². The van der Waals surface area contributed by atoms with E-state index in [4.69, 9.17) is 4.74 Å². The van der Waals surface area contributed by atoms with Crippen LogP contribution in [-0.4, -0.2) is 36.0 Å². The van der Waals surface area contributed by atoms with Crippen molar-refractivity contribution in [1.29, 1.82) is 0 Å². The average molecular weight is 426 g/mol. The molecule has 1 N–H and O–H groups in total. The van der Waals surface area contributed by atoms with E-state index in [1.54, 1.807) is 22.9 Å². The molecule has 30 heavy (non-hydrogen) atoms. The minimum Gasteiger partial charge on any atom is -0.494 e. The van der Waals surface area contributed by atoms with Crippen LogP contribution in [0.1, 0.15) is 18.4 Å². The molecule has 4 rings (SSSR count).